The van der Waals surface area contributed by atoms with Crippen molar-refractivity contribution in [3.05, 3.63) is 24.3 Å². The summed E-state index contributed by atoms with van der Waals surface area (Å²) in [6.07, 6.45) is 20.9. The zero-order chi connectivity index (χ0) is 9.64. The Balaban J connectivity index is 1.70. The molecular weight excluding hydrogens is 168 g/mol. The molecule has 0 N–H and O–H groups in total. The molecule has 2 rings (SSSR count). The number of rotatable bonds is 3. The molecule has 2 unspecified atom stereocenters. The van der Waals surface area contributed by atoms with Crippen LogP contribution in [0.4, 0.5) is 0 Å². The first-order valence-corrected chi connectivity index (χ1v) is 6.28. The fourth-order valence-electron chi connectivity index (χ4n) is 2.67. The number of allylic oxidation sites excluding steroid dienone is 4. The molecule has 0 aliphatic heterocycles. The first-order valence-electron chi connectivity index (χ1n) is 6.28. The molecule has 0 aromatic heterocycles. The highest BCUT2D eigenvalue weighted by Crippen LogP contribution is 2.27. The van der Waals surface area contributed by atoms with E-state index in [1.165, 1.54) is 51.4 Å². The largest absolute Gasteiger partial charge is 0.0883 e. The first kappa shape index (κ1) is 10.0. The van der Waals surface area contributed by atoms with E-state index in [0.29, 0.717) is 0 Å². The van der Waals surface area contributed by atoms with E-state index in [1.54, 1.807) is 0 Å². The van der Waals surface area contributed by atoms with E-state index in [-0.39, 0.29) is 0 Å². The average Bonchev–Trinajstić information content (AvgIpc) is 2.29. The summed E-state index contributed by atoms with van der Waals surface area (Å²) in [7, 11) is 0. The Bertz CT molecular complexity index is 188. The standard InChI is InChI=1S/C14H22/c1-3-7-13(8-4-1)11-12-14-9-5-2-6-10-14/h3,5,7,9,13-14H,1-2,4,6,8,10-12H2. The summed E-state index contributed by atoms with van der Waals surface area (Å²) >= 11 is 0. The van der Waals surface area contributed by atoms with Crippen molar-refractivity contribution in [2.45, 2.75) is 51.4 Å². The predicted octanol–water partition coefficient (Wildman–Crippen LogP) is 4.48. The SMILES string of the molecule is C1=CC(CCC2C=CCCC2)CCC1. The Hall–Kier alpha value is -0.520. The molecule has 2 aliphatic rings. The van der Waals surface area contributed by atoms with Crippen LogP contribution < -0.4 is 0 Å². The predicted molar refractivity (Wildman–Crippen MR) is 62.2 cm³/mol. The third kappa shape index (κ3) is 3.01. The van der Waals surface area contributed by atoms with Crippen LogP contribution in [0, 0.1) is 11.8 Å². The molecule has 0 nitrogen and oxygen atoms in total. The highest BCUT2D eigenvalue weighted by Gasteiger charge is 2.12. The van der Waals surface area contributed by atoms with Crippen LogP contribution in [0.1, 0.15) is 51.4 Å². The Morgan fingerprint density at radius 2 is 1.29 bits per heavy atom. The molecule has 0 bridgehead atoms. The molecule has 0 aromatic carbocycles. The van der Waals surface area contributed by atoms with Crippen LogP contribution in [0.15, 0.2) is 24.3 Å². The highest BCUT2D eigenvalue weighted by atomic mass is 14.2. The van der Waals surface area contributed by atoms with Gasteiger partial charge in [-0.2, -0.15) is 0 Å². The summed E-state index contributed by atoms with van der Waals surface area (Å²) in [5, 5.41) is 0. The fourth-order valence-corrected chi connectivity index (χ4v) is 2.67. The van der Waals surface area contributed by atoms with Crippen molar-refractivity contribution in [2.24, 2.45) is 11.8 Å². The minimum atomic E-state index is 0.902. The molecule has 2 aliphatic carbocycles. The van der Waals surface area contributed by atoms with E-state index in [1.807, 2.05) is 0 Å². The molecule has 0 saturated heterocycles. The van der Waals surface area contributed by atoms with E-state index in [0.717, 1.165) is 11.8 Å². The van der Waals surface area contributed by atoms with Gasteiger partial charge in [0.25, 0.3) is 0 Å². The number of hydrogen-bond donors (Lipinski definition) is 0. The normalized spacial score (nSPS) is 32.0. The van der Waals surface area contributed by atoms with Crippen LogP contribution in [-0.2, 0) is 0 Å². The van der Waals surface area contributed by atoms with Gasteiger partial charge >= 0.3 is 0 Å². The lowest BCUT2D eigenvalue weighted by Crippen LogP contribution is -2.06. The molecular formula is C14H22. The maximum atomic E-state index is 2.45. The molecule has 0 amide bonds. The summed E-state index contributed by atoms with van der Waals surface area (Å²) in [5.41, 5.74) is 0. The molecule has 0 radical (unpaired) electrons. The lowest BCUT2D eigenvalue weighted by molar-refractivity contribution is 0.420. The highest BCUT2D eigenvalue weighted by molar-refractivity contribution is 4.96. The van der Waals surface area contributed by atoms with E-state index >= 15 is 0 Å². The first-order chi connectivity index (χ1) is 6.95. The topological polar surface area (TPSA) is 0 Å². The molecule has 0 fully saturated rings. The van der Waals surface area contributed by atoms with Gasteiger partial charge in [-0.25, -0.2) is 0 Å². The van der Waals surface area contributed by atoms with Gasteiger partial charge in [-0.15, -0.1) is 0 Å². The molecule has 2 atom stereocenters. The Kier molecular flexibility index (Phi) is 3.85. The van der Waals surface area contributed by atoms with E-state index < -0.39 is 0 Å². The molecule has 0 aromatic rings. The summed E-state index contributed by atoms with van der Waals surface area (Å²) in [6, 6.07) is 0. The van der Waals surface area contributed by atoms with Crippen LogP contribution in [-0.4, -0.2) is 0 Å². The monoisotopic (exact) mass is 190 g/mol. The molecule has 0 heterocycles. The van der Waals surface area contributed by atoms with Gasteiger partial charge < -0.3 is 0 Å². The summed E-state index contributed by atoms with van der Waals surface area (Å²) in [6.45, 7) is 0. The third-order valence-electron chi connectivity index (χ3n) is 3.62. The minimum absolute atomic E-state index is 0.902. The quantitative estimate of drug-likeness (QED) is 0.576. The van der Waals surface area contributed by atoms with Crippen LogP contribution in [0.3, 0.4) is 0 Å². The summed E-state index contributed by atoms with van der Waals surface area (Å²) in [4.78, 5) is 0. The summed E-state index contributed by atoms with van der Waals surface area (Å²) < 4.78 is 0. The maximum absolute atomic E-state index is 2.45. The van der Waals surface area contributed by atoms with Crippen molar-refractivity contribution in [1.29, 1.82) is 0 Å². The average molecular weight is 190 g/mol. The van der Waals surface area contributed by atoms with Gasteiger partial charge in [-0.05, 0) is 63.2 Å². The van der Waals surface area contributed by atoms with Crippen LogP contribution in [0.5, 0.6) is 0 Å². The molecule has 0 spiro atoms. The molecule has 14 heavy (non-hydrogen) atoms. The van der Waals surface area contributed by atoms with Gasteiger partial charge in [0, 0.05) is 0 Å². The van der Waals surface area contributed by atoms with Crippen molar-refractivity contribution in [1.82, 2.24) is 0 Å². The number of hydrogen-bond acceptors (Lipinski definition) is 0. The van der Waals surface area contributed by atoms with Crippen molar-refractivity contribution in [3.63, 3.8) is 0 Å². The van der Waals surface area contributed by atoms with Gasteiger partial charge in [0.05, 0.1) is 0 Å². The second-order valence-electron chi connectivity index (χ2n) is 4.82. The van der Waals surface area contributed by atoms with Crippen molar-refractivity contribution in [2.75, 3.05) is 0 Å². The van der Waals surface area contributed by atoms with Gasteiger partial charge in [-0.3, -0.25) is 0 Å². The van der Waals surface area contributed by atoms with Crippen LogP contribution in [0.2, 0.25) is 0 Å². The van der Waals surface area contributed by atoms with Gasteiger partial charge in [0.2, 0.25) is 0 Å². The maximum Gasteiger partial charge on any atom is -0.0233 e. The summed E-state index contributed by atoms with van der Waals surface area (Å²) in [5.74, 6) is 1.80. The van der Waals surface area contributed by atoms with Gasteiger partial charge in [0.15, 0.2) is 0 Å². The van der Waals surface area contributed by atoms with Crippen molar-refractivity contribution in [3.8, 4) is 0 Å². The Morgan fingerprint density at radius 1 is 0.786 bits per heavy atom. The third-order valence-corrected chi connectivity index (χ3v) is 3.62. The van der Waals surface area contributed by atoms with E-state index in [9.17, 15) is 0 Å². The lowest BCUT2D eigenvalue weighted by Gasteiger charge is -2.20. The van der Waals surface area contributed by atoms with Gasteiger partial charge in [0.1, 0.15) is 0 Å². The van der Waals surface area contributed by atoms with E-state index in [4.69, 9.17) is 0 Å². The zero-order valence-corrected chi connectivity index (χ0v) is 9.12. The minimum Gasteiger partial charge on any atom is -0.0883 e. The van der Waals surface area contributed by atoms with Crippen LogP contribution >= 0.6 is 0 Å². The second-order valence-corrected chi connectivity index (χ2v) is 4.82. The second kappa shape index (κ2) is 5.38. The Morgan fingerprint density at radius 3 is 1.64 bits per heavy atom. The van der Waals surface area contributed by atoms with Crippen LogP contribution in [0.25, 0.3) is 0 Å². The van der Waals surface area contributed by atoms with Crippen molar-refractivity contribution >= 4 is 0 Å². The molecule has 0 heteroatoms. The van der Waals surface area contributed by atoms with Gasteiger partial charge in [-0.1, -0.05) is 24.3 Å². The van der Waals surface area contributed by atoms with Crippen molar-refractivity contribution < 1.29 is 0 Å². The van der Waals surface area contributed by atoms with E-state index in [2.05, 4.69) is 24.3 Å². The lowest BCUT2D eigenvalue weighted by atomic mass is 9.85. The smallest absolute Gasteiger partial charge is 0.0233 e. The Labute approximate surface area is 88.1 Å². The molecule has 0 saturated carbocycles. The molecule has 78 valence electrons. The zero-order valence-electron chi connectivity index (χ0n) is 9.12. The fraction of sp³-hybridized carbons (Fsp3) is 0.714.